The lowest BCUT2D eigenvalue weighted by molar-refractivity contribution is -0.132. The Bertz CT molecular complexity index is 416. The maximum absolute atomic E-state index is 12.3. The third kappa shape index (κ3) is 2.27. The first-order chi connectivity index (χ1) is 8.52. The van der Waals surface area contributed by atoms with Crippen molar-refractivity contribution in [1.29, 1.82) is 0 Å². The Morgan fingerprint density at radius 2 is 1.78 bits per heavy atom. The SMILES string of the molecule is CC1NC(c2ccccc2)N(C(C)C(C)C)C1=O. The van der Waals surface area contributed by atoms with Crippen LogP contribution in [-0.2, 0) is 4.79 Å². The van der Waals surface area contributed by atoms with Crippen molar-refractivity contribution in [1.82, 2.24) is 10.2 Å². The highest BCUT2D eigenvalue weighted by Crippen LogP contribution is 2.29. The van der Waals surface area contributed by atoms with Gasteiger partial charge in [-0.3, -0.25) is 10.1 Å². The van der Waals surface area contributed by atoms with Crippen molar-refractivity contribution in [2.45, 2.75) is 45.9 Å². The molecule has 0 saturated carbocycles. The van der Waals surface area contributed by atoms with Crippen LogP contribution in [0.5, 0.6) is 0 Å². The van der Waals surface area contributed by atoms with Crippen molar-refractivity contribution >= 4 is 5.91 Å². The van der Waals surface area contributed by atoms with Crippen LogP contribution in [0.1, 0.15) is 39.4 Å². The summed E-state index contributed by atoms with van der Waals surface area (Å²) < 4.78 is 0. The summed E-state index contributed by atoms with van der Waals surface area (Å²) in [5.74, 6) is 0.650. The summed E-state index contributed by atoms with van der Waals surface area (Å²) in [5, 5.41) is 3.38. The van der Waals surface area contributed by atoms with Gasteiger partial charge in [0.2, 0.25) is 5.91 Å². The molecule has 3 heteroatoms. The zero-order chi connectivity index (χ0) is 13.3. The van der Waals surface area contributed by atoms with Crippen LogP contribution in [0, 0.1) is 5.92 Å². The molecular formula is C15H22N2O. The monoisotopic (exact) mass is 246 g/mol. The van der Waals surface area contributed by atoms with Gasteiger partial charge in [0.1, 0.15) is 6.17 Å². The molecule has 1 aliphatic heterocycles. The van der Waals surface area contributed by atoms with E-state index in [1.54, 1.807) is 0 Å². The molecule has 2 rings (SSSR count). The third-order valence-electron chi connectivity index (χ3n) is 3.83. The van der Waals surface area contributed by atoms with E-state index in [0.717, 1.165) is 5.56 Å². The molecular weight excluding hydrogens is 224 g/mol. The van der Waals surface area contributed by atoms with Gasteiger partial charge in [-0.05, 0) is 25.3 Å². The minimum absolute atomic E-state index is 0.00565. The molecule has 1 amide bonds. The summed E-state index contributed by atoms with van der Waals surface area (Å²) >= 11 is 0. The molecule has 3 nitrogen and oxygen atoms in total. The Hall–Kier alpha value is -1.35. The van der Waals surface area contributed by atoms with Gasteiger partial charge in [-0.15, -0.1) is 0 Å². The largest absolute Gasteiger partial charge is 0.319 e. The molecule has 0 spiro atoms. The standard InChI is InChI=1S/C15H22N2O/c1-10(2)12(4)17-14(16-11(3)15(17)18)13-8-6-5-7-9-13/h5-12,14,16H,1-4H3. The number of hydrogen-bond acceptors (Lipinski definition) is 2. The number of rotatable bonds is 3. The molecule has 0 aromatic heterocycles. The van der Waals surface area contributed by atoms with E-state index >= 15 is 0 Å². The van der Waals surface area contributed by atoms with Crippen molar-refractivity contribution in [3.63, 3.8) is 0 Å². The van der Waals surface area contributed by atoms with Gasteiger partial charge in [-0.25, -0.2) is 0 Å². The van der Waals surface area contributed by atoms with Crippen LogP contribution in [-0.4, -0.2) is 22.9 Å². The number of carbonyl (C=O) groups is 1. The van der Waals surface area contributed by atoms with Crippen LogP contribution in [0.3, 0.4) is 0 Å². The zero-order valence-electron chi connectivity index (χ0n) is 11.6. The van der Waals surface area contributed by atoms with Crippen molar-refractivity contribution < 1.29 is 4.79 Å². The van der Waals surface area contributed by atoms with E-state index in [1.165, 1.54) is 0 Å². The van der Waals surface area contributed by atoms with E-state index in [4.69, 9.17) is 0 Å². The van der Waals surface area contributed by atoms with Gasteiger partial charge in [0.15, 0.2) is 0 Å². The minimum atomic E-state index is -0.101. The van der Waals surface area contributed by atoms with Crippen LogP contribution in [0.4, 0.5) is 0 Å². The van der Waals surface area contributed by atoms with E-state index < -0.39 is 0 Å². The molecule has 1 aliphatic rings. The molecule has 98 valence electrons. The summed E-state index contributed by atoms with van der Waals surface area (Å²) in [6.45, 7) is 8.37. The van der Waals surface area contributed by atoms with Crippen LogP contribution in [0.25, 0.3) is 0 Å². The Morgan fingerprint density at radius 1 is 1.17 bits per heavy atom. The Morgan fingerprint density at radius 3 is 2.33 bits per heavy atom. The predicted molar refractivity (Wildman–Crippen MR) is 72.9 cm³/mol. The van der Waals surface area contributed by atoms with Crippen LogP contribution in [0.2, 0.25) is 0 Å². The summed E-state index contributed by atoms with van der Waals surface area (Å²) in [6, 6.07) is 10.3. The number of nitrogens with zero attached hydrogens (tertiary/aromatic N) is 1. The Kier molecular flexibility index (Phi) is 3.71. The lowest BCUT2D eigenvalue weighted by Gasteiger charge is -2.33. The highest BCUT2D eigenvalue weighted by molar-refractivity contribution is 5.84. The molecule has 18 heavy (non-hydrogen) atoms. The molecule has 1 N–H and O–H groups in total. The van der Waals surface area contributed by atoms with Gasteiger partial charge in [0.25, 0.3) is 0 Å². The van der Waals surface area contributed by atoms with Crippen molar-refractivity contribution in [3.05, 3.63) is 35.9 Å². The predicted octanol–water partition coefficient (Wildman–Crippen LogP) is 2.55. The highest BCUT2D eigenvalue weighted by atomic mass is 16.2. The first-order valence-corrected chi connectivity index (χ1v) is 6.65. The summed E-state index contributed by atoms with van der Waals surface area (Å²) in [6.07, 6.45) is 0.00565. The molecule has 3 atom stereocenters. The maximum atomic E-state index is 12.3. The fraction of sp³-hybridized carbons (Fsp3) is 0.533. The van der Waals surface area contributed by atoms with Gasteiger partial charge < -0.3 is 4.90 Å². The summed E-state index contributed by atoms with van der Waals surface area (Å²) in [7, 11) is 0. The van der Waals surface area contributed by atoms with Gasteiger partial charge >= 0.3 is 0 Å². The van der Waals surface area contributed by atoms with Crippen LogP contribution < -0.4 is 5.32 Å². The first-order valence-electron chi connectivity index (χ1n) is 6.65. The van der Waals surface area contributed by atoms with Gasteiger partial charge in [-0.2, -0.15) is 0 Å². The van der Waals surface area contributed by atoms with Crippen molar-refractivity contribution in [3.8, 4) is 0 Å². The topological polar surface area (TPSA) is 32.3 Å². The van der Waals surface area contributed by atoms with Gasteiger partial charge in [-0.1, -0.05) is 44.2 Å². The van der Waals surface area contributed by atoms with E-state index in [9.17, 15) is 4.79 Å². The average Bonchev–Trinajstić information content (AvgIpc) is 2.66. The van der Waals surface area contributed by atoms with Crippen LogP contribution in [0.15, 0.2) is 30.3 Å². The van der Waals surface area contributed by atoms with E-state index in [1.807, 2.05) is 30.0 Å². The van der Waals surface area contributed by atoms with Gasteiger partial charge in [0, 0.05) is 6.04 Å². The molecule has 0 bridgehead atoms. The van der Waals surface area contributed by atoms with E-state index in [-0.39, 0.29) is 24.2 Å². The lowest BCUT2D eigenvalue weighted by atomic mass is 10.0. The molecule has 3 unspecified atom stereocenters. The van der Waals surface area contributed by atoms with Crippen molar-refractivity contribution in [2.24, 2.45) is 5.92 Å². The van der Waals surface area contributed by atoms with E-state index in [0.29, 0.717) is 5.92 Å². The second kappa shape index (κ2) is 5.11. The van der Waals surface area contributed by atoms with Crippen LogP contribution >= 0.6 is 0 Å². The highest BCUT2D eigenvalue weighted by Gasteiger charge is 2.40. The van der Waals surface area contributed by atoms with Gasteiger partial charge in [0.05, 0.1) is 6.04 Å². The van der Waals surface area contributed by atoms with Crippen molar-refractivity contribution in [2.75, 3.05) is 0 Å². The fourth-order valence-corrected chi connectivity index (χ4v) is 2.39. The smallest absolute Gasteiger partial charge is 0.241 e. The number of benzene rings is 1. The second-order valence-corrected chi connectivity index (χ2v) is 5.43. The molecule has 0 radical (unpaired) electrons. The fourth-order valence-electron chi connectivity index (χ4n) is 2.39. The maximum Gasteiger partial charge on any atom is 0.241 e. The zero-order valence-corrected chi connectivity index (χ0v) is 11.6. The Labute approximate surface area is 109 Å². The molecule has 0 aliphatic carbocycles. The minimum Gasteiger partial charge on any atom is -0.319 e. The normalized spacial score (nSPS) is 25.8. The summed E-state index contributed by atoms with van der Waals surface area (Å²) in [5.41, 5.74) is 1.16. The molecule has 1 heterocycles. The lowest BCUT2D eigenvalue weighted by Crippen LogP contribution is -2.41. The van der Waals surface area contributed by atoms with E-state index in [2.05, 4.69) is 38.2 Å². The molecule has 1 fully saturated rings. The number of nitrogens with one attached hydrogen (secondary N) is 1. The number of carbonyl (C=O) groups excluding carboxylic acids is 1. The quantitative estimate of drug-likeness (QED) is 0.889. The number of hydrogen-bond donors (Lipinski definition) is 1. The molecule has 1 saturated heterocycles. The average molecular weight is 246 g/mol. The number of amides is 1. The molecule has 1 aromatic carbocycles. The summed E-state index contributed by atoms with van der Waals surface area (Å²) in [4.78, 5) is 14.3. The molecule has 1 aromatic rings. The second-order valence-electron chi connectivity index (χ2n) is 5.43. The Balaban J connectivity index is 2.31. The third-order valence-corrected chi connectivity index (χ3v) is 3.83. The first kappa shape index (κ1) is 13.1.